The van der Waals surface area contributed by atoms with Crippen LogP contribution >= 0.6 is 7.60 Å². The van der Waals surface area contributed by atoms with Crippen LogP contribution in [0.5, 0.6) is 0 Å². The SMILES string of the molecule is Cc1cn(C2(O)OC[C@H](OCP(=O)([O-])[O-])[C@H]2O)c(=O)[nH]c1=O.[Na+].[Na+]. The maximum atomic E-state index is 11.7. The summed E-state index contributed by atoms with van der Waals surface area (Å²) in [4.78, 5) is 46.0. The fourth-order valence-corrected chi connectivity index (χ4v) is 2.34. The van der Waals surface area contributed by atoms with Crippen LogP contribution in [0.15, 0.2) is 15.8 Å². The molecule has 3 N–H and O–H groups in total. The third-order valence-electron chi connectivity index (χ3n) is 3.11. The van der Waals surface area contributed by atoms with E-state index in [1.165, 1.54) is 6.92 Å². The summed E-state index contributed by atoms with van der Waals surface area (Å²) < 4.78 is 20.7. The van der Waals surface area contributed by atoms with E-state index in [2.05, 4.69) is 4.74 Å². The molecule has 1 aliphatic rings. The minimum Gasteiger partial charge on any atom is -0.809 e. The molecule has 1 unspecified atom stereocenters. The largest absolute Gasteiger partial charge is 1.00 e. The van der Waals surface area contributed by atoms with E-state index in [4.69, 9.17) is 4.74 Å². The van der Waals surface area contributed by atoms with Crippen LogP contribution in [0.4, 0.5) is 0 Å². The van der Waals surface area contributed by atoms with E-state index in [9.17, 15) is 34.2 Å². The molecule has 0 amide bonds. The molecule has 2 rings (SSSR count). The average molecular weight is 382 g/mol. The maximum absolute atomic E-state index is 11.7. The first kappa shape index (κ1) is 24.7. The zero-order valence-corrected chi connectivity index (χ0v) is 18.2. The van der Waals surface area contributed by atoms with Crippen LogP contribution in [-0.2, 0) is 19.9 Å². The molecule has 0 bridgehead atoms. The summed E-state index contributed by atoms with van der Waals surface area (Å²) in [5, 5.41) is 20.3. The zero-order chi connectivity index (χ0) is 16.7. The Morgan fingerprint density at radius 2 is 2.08 bits per heavy atom. The van der Waals surface area contributed by atoms with Gasteiger partial charge in [0.2, 0.25) is 0 Å². The number of hydrogen-bond acceptors (Lipinski definition) is 9. The van der Waals surface area contributed by atoms with Crippen molar-refractivity contribution in [1.29, 1.82) is 0 Å². The predicted octanol–water partition coefficient (Wildman–Crippen LogP) is -9.90. The summed E-state index contributed by atoms with van der Waals surface area (Å²) >= 11 is 0. The summed E-state index contributed by atoms with van der Waals surface area (Å²) in [6.45, 7) is 0.890. The summed E-state index contributed by atoms with van der Waals surface area (Å²) in [5.41, 5.74) is -1.66. The van der Waals surface area contributed by atoms with E-state index in [1.54, 1.807) is 0 Å². The number of aromatic nitrogens is 2. The first-order chi connectivity index (χ1) is 10.0. The van der Waals surface area contributed by atoms with E-state index in [-0.39, 0.29) is 64.7 Å². The third kappa shape index (κ3) is 5.34. The van der Waals surface area contributed by atoms with Gasteiger partial charge in [-0.05, 0) is 14.5 Å². The minimum absolute atomic E-state index is 0. The molecule has 124 valence electrons. The summed E-state index contributed by atoms with van der Waals surface area (Å²) in [6, 6.07) is 0. The topological polar surface area (TPSA) is 177 Å². The molecule has 1 aromatic rings. The van der Waals surface area contributed by atoms with Crippen LogP contribution in [0, 0.1) is 6.92 Å². The molecule has 0 radical (unpaired) electrons. The Morgan fingerprint density at radius 3 is 2.62 bits per heavy atom. The Labute approximate surface area is 179 Å². The van der Waals surface area contributed by atoms with Crippen LogP contribution in [-0.4, -0.2) is 44.9 Å². The number of nitrogens with zero attached hydrogens (tertiary/aromatic N) is 1. The Hall–Kier alpha value is 0.670. The number of aryl methyl sites for hydroxylation is 1. The van der Waals surface area contributed by atoms with Gasteiger partial charge in [0.1, 0.15) is 6.10 Å². The van der Waals surface area contributed by atoms with Crippen molar-refractivity contribution < 1.29 is 93.2 Å². The van der Waals surface area contributed by atoms with E-state index >= 15 is 0 Å². The molecular formula is C10H13N2Na2O9P. The molecule has 1 aromatic heterocycles. The summed E-state index contributed by atoms with van der Waals surface area (Å²) in [7, 11) is -4.97. The van der Waals surface area contributed by atoms with E-state index in [1.807, 2.05) is 4.98 Å². The monoisotopic (exact) mass is 382 g/mol. The number of H-pyrrole nitrogens is 1. The van der Waals surface area contributed by atoms with E-state index in [0.29, 0.717) is 4.57 Å². The van der Waals surface area contributed by atoms with Gasteiger partial charge < -0.3 is 34.0 Å². The van der Waals surface area contributed by atoms with Gasteiger partial charge in [0, 0.05) is 11.8 Å². The van der Waals surface area contributed by atoms with Crippen molar-refractivity contribution in [2.24, 2.45) is 0 Å². The number of rotatable bonds is 4. The fraction of sp³-hybridized carbons (Fsp3) is 0.600. The summed E-state index contributed by atoms with van der Waals surface area (Å²) in [5.74, 6) is -2.56. The smallest absolute Gasteiger partial charge is 0.809 e. The standard InChI is InChI=1S/C10H15N2O9P.2Na/c1-5-2-12(9(15)11-8(5)14)10(16)7(13)6(3-21-10)20-4-22(17,18)19;;/h2,6-7,13,16H,3-4H2,1H3,(H,11,14,15)(H2,17,18,19);;/q;2*+1/p-2/t6-,7+,10?;;/m0../s1. The van der Waals surface area contributed by atoms with Crippen molar-refractivity contribution in [1.82, 2.24) is 9.55 Å². The second-order valence-electron chi connectivity index (χ2n) is 4.80. The van der Waals surface area contributed by atoms with Gasteiger partial charge in [0.25, 0.3) is 11.5 Å². The van der Waals surface area contributed by atoms with Crippen LogP contribution in [0.25, 0.3) is 0 Å². The van der Waals surface area contributed by atoms with Crippen LogP contribution in [0.1, 0.15) is 5.56 Å². The van der Waals surface area contributed by atoms with Crippen molar-refractivity contribution in [3.05, 3.63) is 32.6 Å². The molecule has 2 heterocycles. The van der Waals surface area contributed by atoms with Crippen molar-refractivity contribution in [3.63, 3.8) is 0 Å². The number of aliphatic hydroxyl groups excluding tert-OH is 1. The molecule has 1 aliphatic heterocycles. The zero-order valence-electron chi connectivity index (χ0n) is 13.3. The molecule has 14 heteroatoms. The Balaban J connectivity index is 0.00000264. The number of nitrogens with one attached hydrogen (secondary N) is 1. The van der Waals surface area contributed by atoms with Gasteiger partial charge in [-0.1, -0.05) is 0 Å². The second kappa shape index (κ2) is 9.05. The first-order valence-corrected chi connectivity index (χ1v) is 7.77. The van der Waals surface area contributed by atoms with Crippen LogP contribution in [0.3, 0.4) is 0 Å². The number of hydrogen-bond donors (Lipinski definition) is 3. The van der Waals surface area contributed by atoms with Gasteiger partial charge in [0.15, 0.2) is 6.10 Å². The molecule has 1 fully saturated rings. The number of aliphatic hydroxyl groups is 2. The molecule has 11 nitrogen and oxygen atoms in total. The normalized spacial score (nSPS) is 26.5. The second-order valence-corrected chi connectivity index (χ2v) is 6.28. The number of aromatic amines is 1. The predicted molar refractivity (Wildman–Crippen MR) is 65.6 cm³/mol. The Kier molecular flexibility index (Phi) is 9.30. The van der Waals surface area contributed by atoms with Crippen LogP contribution < -0.4 is 80.2 Å². The van der Waals surface area contributed by atoms with Crippen molar-refractivity contribution >= 4 is 7.60 Å². The van der Waals surface area contributed by atoms with Gasteiger partial charge >= 0.3 is 64.8 Å². The van der Waals surface area contributed by atoms with E-state index in [0.717, 1.165) is 6.20 Å². The average Bonchev–Trinajstić information content (AvgIpc) is 2.68. The Bertz CT molecular complexity index is 732. The fourth-order valence-electron chi connectivity index (χ4n) is 1.97. The van der Waals surface area contributed by atoms with Crippen molar-refractivity contribution in [2.45, 2.75) is 25.0 Å². The quantitative estimate of drug-likeness (QED) is 0.337. The third-order valence-corrected chi connectivity index (χ3v) is 3.57. The van der Waals surface area contributed by atoms with Gasteiger partial charge in [-0.2, -0.15) is 0 Å². The number of ether oxygens (including phenoxy) is 2. The van der Waals surface area contributed by atoms with Gasteiger partial charge in [-0.15, -0.1) is 0 Å². The van der Waals surface area contributed by atoms with Gasteiger partial charge in [-0.3, -0.25) is 9.78 Å². The van der Waals surface area contributed by atoms with Crippen LogP contribution in [0.2, 0.25) is 0 Å². The molecular weight excluding hydrogens is 369 g/mol. The minimum atomic E-state index is -4.97. The van der Waals surface area contributed by atoms with Crippen molar-refractivity contribution in [2.75, 3.05) is 13.0 Å². The van der Waals surface area contributed by atoms with Crippen molar-refractivity contribution in [3.8, 4) is 0 Å². The molecule has 0 aliphatic carbocycles. The van der Waals surface area contributed by atoms with Gasteiger partial charge in [-0.25, -0.2) is 9.36 Å². The molecule has 3 atom stereocenters. The molecule has 0 spiro atoms. The van der Waals surface area contributed by atoms with E-state index < -0.39 is 49.9 Å². The molecule has 0 aromatic carbocycles. The molecule has 0 saturated carbocycles. The Morgan fingerprint density at radius 1 is 1.50 bits per heavy atom. The molecule has 1 saturated heterocycles. The maximum Gasteiger partial charge on any atom is 1.00 e. The first-order valence-electron chi connectivity index (χ1n) is 6.05. The summed E-state index contributed by atoms with van der Waals surface area (Å²) in [6.07, 6.45) is -3.44. The molecule has 24 heavy (non-hydrogen) atoms. The van der Waals surface area contributed by atoms with Gasteiger partial charge in [0.05, 0.1) is 13.0 Å².